The zero-order chi connectivity index (χ0) is 17.7. The van der Waals surface area contributed by atoms with Crippen LogP contribution in [0.5, 0.6) is 0 Å². The Morgan fingerprint density at radius 3 is 2.58 bits per heavy atom. The molecular weight excluding hydrogens is 334 g/mol. The van der Waals surface area contributed by atoms with Crippen molar-refractivity contribution in [1.82, 2.24) is 4.90 Å². The summed E-state index contributed by atoms with van der Waals surface area (Å²) in [6, 6.07) is 4.10. The van der Waals surface area contributed by atoms with Gasteiger partial charge in [-0.2, -0.15) is 0 Å². The number of hydrogen-bond acceptors (Lipinski definition) is 7. The van der Waals surface area contributed by atoms with Crippen molar-refractivity contribution in [2.75, 3.05) is 37.8 Å². The minimum atomic E-state index is -3.71. The maximum absolute atomic E-state index is 11.7. The number of benzene rings is 1. The van der Waals surface area contributed by atoms with Crippen molar-refractivity contribution in [2.45, 2.75) is 30.3 Å². The van der Waals surface area contributed by atoms with E-state index in [2.05, 4.69) is 10.2 Å². The molecule has 1 saturated heterocycles. The van der Waals surface area contributed by atoms with E-state index >= 15 is 0 Å². The quantitative estimate of drug-likeness (QED) is 0.558. The lowest BCUT2D eigenvalue weighted by Crippen LogP contribution is -2.39. The van der Waals surface area contributed by atoms with Gasteiger partial charge >= 0.3 is 5.69 Å². The molecule has 1 heterocycles. The van der Waals surface area contributed by atoms with Gasteiger partial charge in [-0.25, -0.2) is 8.42 Å². The van der Waals surface area contributed by atoms with Gasteiger partial charge in [0.2, 0.25) is 0 Å². The van der Waals surface area contributed by atoms with Gasteiger partial charge in [0.1, 0.15) is 10.6 Å². The van der Waals surface area contributed by atoms with E-state index in [-0.39, 0.29) is 17.1 Å². The number of nitrogens with zero attached hydrogens (tertiary/aromatic N) is 2. The van der Waals surface area contributed by atoms with Crippen LogP contribution in [0.15, 0.2) is 23.1 Å². The Hall–Kier alpha value is -1.71. The maximum Gasteiger partial charge on any atom is 0.310 e. The van der Waals surface area contributed by atoms with E-state index in [4.69, 9.17) is 0 Å². The first-order chi connectivity index (χ1) is 11.3. The summed E-state index contributed by atoms with van der Waals surface area (Å²) in [5.41, 5.74) is -0.384. The Balaban J connectivity index is 2.07. The van der Waals surface area contributed by atoms with E-state index in [1.807, 2.05) is 0 Å². The van der Waals surface area contributed by atoms with Gasteiger partial charge in [0, 0.05) is 19.3 Å². The molecule has 1 aliphatic rings. The number of para-hydroxylation sites is 1. The number of anilines is 1. The van der Waals surface area contributed by atoms with Crippen LogP contribution in [0.4, 0.5) is 11.4 Å². The van der Waals surface area contributed by atoms with Crippen LogP contribution in [0.1, 0.15) is 19.3 Å². The van der Waals surface area contributed by atoms with Crippen molar-refractivity contribution in [3.63, 3.8) is 0 Å². The average Bonchev–Trinajstić information content (AvgIpc) is 2.52. The number of likely N-dealkylation sites (tertiary alicyclic amines) is 1. The normalized spacial score (nSPS) is 17.4. The summed E-state index contributed by atoms with van der Waals surface area (Å²) in [7, 11) is -3.71. The molecule has 0 spiro atoms. The highest BCUT2D eigenvalue weighted by molar-refractivity contribution is 7.90. The molecule has 8 nitrogen and oxygen atoms in total. The Morgan fingerprint density at radius 1 is 1.33 bits per heavy atom. The number of β-amino-alcohol motifs (C(OH)–C–C–N with tert-alkyl or cyclic N) is 1. The highest BCUT2D eigenvalue weighted by Crippen LogP contribution is 2.31. The van der Waals surface area contributed by atoms with E-state index in [0.717, 1.165) is 32.2 Å². The predicted molar refractivity (Wildman–Crippen MR) is 91.0 cm³/mol. The fourth-order valence-corrected chi connectivity index (χ4v) is 3.75. The number of piperidine rings is 1. The molecule has 24 heavy (non-hydrogen) atoms. The lowest BCUT2D eigenvalue weighted by Gasteiger charge is -2.28. The number of sulfone groups is 1. The SMILES string of the molecule is CS(=O)(=O)c1cccc(NCC(O)CN2CCCCC2)c1[N+](=O)[O-]. The number of aliphatic hydroxyl groups excluding tert-OH is 1. The molecule has 2 rings (SSSR count). The number of aliphatic hydroxyl groups is 1. The maximum atomic E-state index is 11.7. The van der Waals surface area contributed by atoms with E-state index in [9.17, 15) is 23.6 Å². The van der Waals surface area contributed by atoms with Gasteiger partial charge in [0.05, 0.1) is 11.0 Å². The molecule has 1 aromatic carbocycles. The van der Waals surface area contributed by atoms with Gasteiger partial charge < -0.3 is 15.3 Å². The topological polar surface area (TPSA) is 113 Å². The van der Waals surface area contributed by atoms with E-state index in [1.165, 1.54) is 24.6 Å². The largest absolute Gasteiger partial charge is 0.390 e. The van der Waals surface area contributed by atoms with Crippen molar-refractivity contribution in [3.05, 3.63) is 28.3 Å². The molecule has 134 valence electrons. The molecule has 1 unspecified atom stereocenters. The molecule has 0 aliphatic carbocycles. The molecule has 0 amide bonds. The van der Waals surface area contributed by atoms with Crippen LogP contribution in [-0.2, 0) is 9.84 Å². The monoisotopic (exact) mass is 357 g/mol. The molecule has 1 fully saturated rings. The lowest BCUT2D eigenvalue weighted by atomic mass is 10.1. The first-order valence-corrected chi connectivity index (χ1v) is 9.80. The summed E-state index contributed by atoms with van der Waals surface area (Å²) in [6.45, 7) is 2.50. The standard InChI is InChI=1S/C15H23N3O5S/c1-24(22,23)14-7-5-6-13(15(14)18(20)21)16-10-12(19)11-17-8-3-2-4-9-17/h5-7,12,16,19H,2-4,8-11H2,1H3. The fourth-order valence-electron chi connectivity index (χ4n) is 2.88. The van der Waals surface area contributed by atoms with Gasteiger partial charge in [-0.1, -0.05) is 12.5 Å². The van der Waals surface area contributed by atoms with Gasteiger partial charge in [-0.15, -0.1) is 0 Å². The average molecular weight is 357 g/mol. The third-order valence-electron chi connectivity index (χ3n) is 4.03. The fraction of sp³-hybridized carbons (Fsp3) is 0.600. The summed E-state index contributed by atoms with van der Waals surface area (Å²) in [4.78, 5) is 12.4. The van der Waals surface area contributed by atoms with Crippen molar-refractivity contribution in [2.24, 2.45) is 0 Å². The second-order valence-corrected chi connectivity index (χ2v) is 8.06. The molecule has 9 heteroatoms. The Morgan fingerprint density at radius 2 is 2.00 bits per heavy atom. The Labute approximate surface area is 141 Å². The summed E-state index contributed by atoms with van der Waals surface area (Å²) in [5.74, 6) is 0. The van der Waals surface area contributed by atoms with Gasteiger partial charge in [-0.05, 0) is 38.1 Å². The van der Waals surface area contributed by atoms with Gasteiger partial charge in [0.15, 0.2) is 9.84 Å². The van der Waals surface area contributed by atoms with E-state index < -0.39 is 26.6 Å². The number of rotatable bonds is 7. The van der Waals surface area contributed by atoms with Gasteiger partial charge in [-0.3, -0.25) is 10.1 Å². The molecule has 1 aliphatic heterocycles. The number of hydrogen-bond donors (Lipinski definition) is 2. The molecular formula is C15H23N3O5S. The smallest absolute Gasteiger partial charge is 0.310 e. The minimum Gasteiger partial charge on any atom is -0.390 e. The van der Waals surface area contributed by atoms with Crippen LogP contribution < -0.4 is 5.32 Å². The summed E-state index contributed by atoms with van der Waals surface area (Å²) in [5, 5.41) is 24.2. The van der Waals surface area contributed by atoms with Crippen LogP contribution in [0.25, 0.3) is 0 Å². The molecule has 0 radical (unpaired) electrons. The first kappa shape index (κ1) is 18.6. The zero-order valence-corrected chi connectivity index (χ0v) is 14.5. The highest BCUT2D eigenvalue weighted by atomic mass is 32.2. The van der Waals surface area contributed by atoms with Crippen LogP contribution >= 0.6 is 0 Å². The van der Waals surface area contributed by atoms with Gasteiger partial charge in [0.25, 0.3) is 0 Å². The Bertz CT molecular complexity index is 686. The number of nitro groups is 1. The molecule has 1 aromatic rings. The van der Waals surface area contributed by atoms with Crippen molar-refractivity contribution < 1.29 is 18.4 Å². The second-order valence-electron chi connectivity index (χ2n) is 6.08. The predicted octanol–water partition coefficient (Wildman–Crippen LogP) is 1.26. The Kier molecular flexibility index (Phi) is 6.14. The van der Waals surface area contributed by atoms with Crippen LogP contribution in [0, 0.1) is 10.1 Å². The zero-order valence-electron chi connectivity index (χ0n) is 13.6. The molecule has 0 bridgehead atoms. The second kappa shape index (κ2) is 7.91. The summed E-state index contributed by atoms with van der Waals surface area (Å²) in [6.07, 6.45) is 3.67. The number of nitrogens with one attached hydrogen (secondary N) is 1. The van der Waals surface area contributed by atoms with Crippen molar-refractivity contribution >= 4 is 21.2 Å². The van der Waals surface area contributed by atoms with Crippen LogP contribution in [-0.4, -0.2) is 61.9 Å². The lowest BCUT2D eigenvalue weighted by molar-refractivity contribution is -0.386. The third kappa shape index (κ3) is 4.89. The van der Waals surface area contributed by atoms with E-state index in [0.29, 0.717) is 6.54 Å². The summed E-state index contributed by atoms with van der Waals surface area (Å²) >= 11 is 0. The summed E-state index contributed by atoms with van der Waals surface area (Å²) < 4.78 is 23.4. The van der Waals surface area contributed by atoms with Crippen molar-refractivity contribution in [1.29, 1.82) is 0 Å². The molecule has 0 aromatic heterocycles. The van der Waals surface area contributed by atoms with E-state index in [1.54, 1.807) is 0 Å². The van der Waals surface area contributed by atoms with Crippen molar-refractivity contribution in [3.8, 4) is 0 Å². The minimum absolute atomic E-state index is 0.0978. The third-order valence-corrected chi connectivity index (χ3v) is 5.16. The van der Waals surface area contributed by atoms with Crippen LogP contribution in [0.3, 0.4) is 0 Å². The molecule has 1 atom stereocenters. The highest BCUT2D eigenvalue weighted by Gasteiger charge is 2.26. The van der Waals surface area contributed by atoms with Crippen LogP contribution in [0.2, 0.25) is 0 Å². The first-order valence-electron chi connectivity index (χ1n) is 7.91. The molecule has 2 N–H and O–H groups in total. The number of nitro benzene ring substituents is 1. The molecule has 0 saturated carbocycles.